The van der Waals surface area contributed by atoms with Gasteiger partial charge in [0, 0.05) is 18.3 Å². The molecule has 3 N–H and O–H groups in total. The van der Waals surface area contributed by atoms with Crippen molar-refractivity contribution >= 4 is 11.4 Å². The molecular formula is C16H26N2O. The van der Waals surface area contributed by atoms with Crippen molar-refractivity contribution in [1.29, 1.82) is 0 Å². The molecule has 0 spiro atoms. The highest BCUT2D eigenvalue weighted by molar-refractivity contribution is 5.61. The van der Waals surface area contributed by atoms with Crippen LogP contribution in [0.4, 0.5) is 11.4 Å². The van der Waals surface area contributed by atoms with Gasteiger partial charge in [0.1, 0.15) is 5.75 Å². The molecule has 3 nitrogen and oxygen atoms in total. The maximum absolute atomic E-state index is 5.92. The fraction of sp³-hybridized carbons (Fsp3) is 0.625. The van der Waals surface area contributed by atoms with Gasteiger partial charge in [-0.05, 0) is 44.7 Å². The van der Waals surface area contributed by atoms with E-state index in [-0.39, 0.29) is 6.10 Å². The van der Waals surface area contributed by atoms with Crippen molar-refractivity contribution in [3.05, 3.63) is 18.2 Å². The van der Waals surface area contributed by atoms with Crippen LogP contribution in [-0.2, 0) is 0 Å². The zero-order chi connectivity index (χ0) is 13.7. The minimum atomic E-state index is 0.149. The Balaban J connectivity index is 1.92. The molecule has 1 saturated carbocycles. The Morgan fingerprint density at radius 1 is 1.26 bits per heavy atom. The molecule has 1 aromatic rings. The van der Waals surface area contributed by atoms with Crippen LogP contribution in [0.1, 0.15) is 46.0 Å². The first-order valence-corrected chi connectivity index (χ1v) is 7.45. The monoisotopic (exact) mass is 262 g/mol. The van der Waals surface area contributed by atoms with Crippen LogP contribution in [0.2, 0.25) is 0 Å². The van der Waals surface area contributed by atoms with Crippen LogP contribution >= 0.6 is 0 Å². The highest BCUT2D eigenvalue weighted by atomic mass is 16.5. The minimum absolute atomic E-state index is 0.149. The number of rotatable bonds is 5. The fourth-order valence-corrected chi connectivity index (χ4v) is 2.65. The molecule has 1 aliphatic rings. The minimum Gasteiger partial charge on any atom is -0.489 e. The Bertz CT molecular complexity index is 398. The smallest absolute Gasteiger partial charge is 0.144 e. The van der Waals surface area contributed by atoms with Gasteiger partial charge in [-0.15, -0.1) is 0 Å². The molecular weight excluding hydrogens is 236 g/mol. The molecule has 0 aromatic heterocycles. The summed E-state index contributed by atoms with van der Waals surface area (Å²) < 4.78 is 5.71. The van der Waals surface area contributed by atoms with Crippen LogP contribution in [0.25, 0.3) is 0 Å². The number of hydrogen-bond acceptors (Lipinski definition) is 3. The van der Waals surface area contributed by atoms with Gasteiger partial charge in [0.05, 0.1) is 11.8 Å². The summed E-state index contributed by atoms with van der Waals surface area (Å²) in [4.78, 5) is 0. The number of nitrogen functional groups attached to an aromatic ring is 1. The van der Waals surface area contributed by atoms with E-state index in [4.69, 9.17) is 10.5 Å². The first kappa shape index (κ1) is 14.0. The average molecular weight is 262 g/mol. The summed E-state index contributed by atoms with van der Waals surface area (Å²) in [6, 6.07) is 5.96. The molecule has 0 radical (unpaired) electrons. The molecule has 0 unspecified atom stereocenters. The summed E-state index contributed by atoms with van der Waals surface area (Å²) in [5, 5.41) is 3.52. The molecule has 2 rings (SSSR count). The summed E-state index contributed by atoms with van der Waals surface area (Å²) >= 11 is 0. The Morgan fingerprint density at radius 2 is 2.00 bits per heavy atom. The third-order valence-corrected chi connectivity index (χ3v) is 3.70. The number of nitrogens with two attached hydrogens (primary N) is 1. The molecule has 0 heterocycles. The summed E-state index contributed by atoms with van der Waals surface area (Å²) in [5.41, 5.74) is 7.74. The lowest BCUT2D eigenvalue weighted by Crippen LogP contribution is -2.17. The van der Waals surface area contributed by atoms with Gasteiger partial charge in [-0.1, -0.05) is 19.3 Å². The Kier molecular flexibility index (Phi) is 4.94. The second kappa shape index (κ2) is 6.69. The first-order valence-electron chi connectivity index (χ1n) is 7.45. The lowest BCUT2D eigenvalue weighted by Gasteiger charge is -2.22. The van der Waals surface area contributed by atoms with E-state index in [2.05, 4.69) is 5.32 Å². The third kappa shape index (κ3) is 4.34. The van der Waals surface area contributed by atoms with E-state index >= 15 is 0 Å². The summed E-state index contributed by atoms with van der Waals surface area (Å²) in [7, 11) is 0. The number of benzene rings is 1. The van der Waals surface area contributed by atoms with Crippen molar-refractivity contribution in [2.45, 2.75) is 52.1 Å². The van der Waals surface area contributed by atoms with Crippen molar-refractivity contribution in [1.82, 2.24) is 0 Å². The van der Waals surface area contributed by atoms with Crippen molar-refractivity contribution in [2.24, 2.45) is 5.92 Å². The van der Waals surface area contributed by atoms with Crippen LogP contribution in [0.5, 0.6) is 5.75 Å². The van der Waals surface area contributed by atoms with E-state index in [1.165, 1.54) is 32.1 Å². The number of ether oxygens (including phenoxy) is 1. The molecule has 0 saturated heterocycles. The van der Waals surface area contributed by atoms with Crippen molar-refractivity contribution in [3.8, 4) is 5.75 Å². The van der Waals surface area contributed by atoms with Crippen LogP contribution in [0, 0.1) is 5.92 Å². The highest BCUT2D eigenvalue weighted by Gasteiger charge is 2.13. The molecule has 3 heteroatoms. The van der Waals surface area contributed by atoms with E-state index in [1.807, 2.05) is 32.0 Å². The molecule has 0 atom stereocenters. The normalized spacial score (nSPS) is 16.6. The van der Waals surface area contributed by atoms with Gasteiger partial charge in [-0.3, -0.25) is 0 Å². The number of nitrogens with one attached hydrogen (secondary N) is 1. The lowest BCUT2D eigenvalue weighted by atomic mass is 9.89. The molecule has 0 aliphatic heterocycles. The van der Waals surface area contributed by atoms with Crippen LogP contribution in [-0.4, -0.2) is 12.6 Å². The van der Waals surface area contributed by atoms with E-state index in [0.717, 1.165) is 23.9 Å². The maximum atomic E-state index is 5.92. The van der Waals surface area contributed by atoms with Crippen molar-refractivity contribution in [2.75, 3.05) is 17.6 Å². The molecule has 0 amide bonds. The van der Waals surface area contributed by atoms with E-state index in [1.54, 1.807) is 0 Å². The molecule has 1 fully saturated rings. The summed E-state index contributed by atoms with van der Waals surface area (Å²) in [5.74, 6) is 1.60. The standard InChI is InChI=1S/C16H26N2O/c1-12(2)19-16-10-14(8-9-15(16)17)18-11-13-6-4-3-5-7-13/h8-10,12-13,18H,3-7,11,17H2,1-2H3. The predicted molar refractivity (Wildman–Crippen MR) is 81.7 cm³/mol. The molecule has 1 aliphatic carbocycles. The van der Waals surface area contributed by atoms with Crippen LogP contribution in [0.3, 0.4) is 0 Å². The third-order valence-electron chi connectivity index (χ3n) is 3.70. The van der Waals surface area contributed by atoms with Crippen molar-refractivity contribution in [3.63, 3.8) is 0 Å². The SMILES string of the molecule is CC(C)Oc1cc(NCC2CCCCC2)ccc1N. The summed E-state index contributed by atoms with van der Waals surface area (Å²) in [6.07, 6.45) is 7.04. The second-order valence-electron chi connectivity index (χ2n) is 5.80. The van der Waals surface area contributed by atoms with Gasteiger partial charge in [0.2, 0.25) is 0 Å². The first-order chi connectivity index (χ1) is 9.15. The van der Waals surface area contributed by atoms with Gasteiger partial charge in [-0.2, -0.15) is 0 Å². The van der Waals surface area contributed by atoms with Gasteiger partial charge >= 0.3 is 0 Å². The van der Waals surface area contributed by atoms with Gasteiger partial charge in [0.15, 0.2) is 0 Å². The largest absolute Gasteiger partial charge is 0.489 e. The second-order valence-corrected chi connectivity index (χ2v) is 5.80. The molecule has 0 bridgehead atoms. The van der Waals surface area contributed by atoms with Crippen LogP contribution < -0.4 is 15.8 Å². The topological polar surface area (TPSA) is 47.3 Å². The van der Waals surface area contributed by atoms with Gasteiger partial charge < -0.3 is 15.8 Å². The predicted octanol–water partition coefficient (Wildman–Crippen LogP) is 4.05. The zero-order valence-electron chi connectivity index (χ0n) is 12.1. The Hall–Kier alpha value is -1.38. The zero-order valence-corrected chi connectivity index (χ0v) is 12.1. The molecule has 19 heavy (non-hydrogen) atoms. The van der Waals surface area contributed by atoms with Crippen LogP contribution in [0.15, 0.2) is 18.2 Å². The van der Waals surface area contributed by atoms with Gasteiger partial charge in [-0.25, -0.2) is 0 Å². The van der Waals surface area contributed by atoms with E-state index < -0.39 is 0 Å². The lowest BCUT2D eigenvalue weighted by molar-refractivity contribution is 0.244. The fourth-order valence-electron chi connectivity index (χ4n) is 2.65. The molecule has 1 aromatic carbocycles. The van der Waals surface area contributed by atoms with E-state index in [0.29, 0.717) is 5.69 Å². The van der Waals surface area contributed by atoms with Gasteiger partial charge in [0.25, 0.3) is 0 Å². The Labute approximate surface area is 116 Å². The van der Waals surface area contributed by atoms with E-state index in [9.17, 15) is 0 Å². The Morgan fingerprint density at radius 3 is 2.68 bits per heavy atom. The number of hydrogen-bond donors (Lipinski definition) is 2. The average Bonchev–Trinajstić information content (AvgIpc) is 2.40. The highest BCUT2D eigenvalue weighted by Crippen LogP contribution is 2.28. The summed E-state index contributed by atoms with van der Waals surface area (Å²) in [6.45, 7) is 5.09. The van der Waals surface area contributed by atoms with Crippen molar-refractivity contribution < 1.29 is 4.74 Å². The quantitative estimate of drug-likeness (QED) is 0.787. The number of anilines is 2. The molecule has 106 valence electrons. The maximum Gasteiger partial charge on any atom is 0.144 e.